The van der Waals surface area contributed by atoms with Gasteiger partial charge in [-0.2, -0.15) is 0 Å². The maximum atomic E-state index is 11.8. The predicted molar refractivity (Wildman–Crippen MR) is 67.4 cm³/mol. The Labute approximate surface area is 110 Å². The Morgan fingerprint density at radius 2 is 1.74 bits per heavy atom. The summed E-state index contributed by atoms with van der Waals surface area (Å²) in [7, 11) is 0. The Hall–Kier alpha value is -2.43. The molecule has 0 unspecified atom stereocenters. The second-order valence-corrected chi connectivity index (χ2v) is 3.63. The molecule has 0 heterocycles. The number of hydrogen-bond acceptors (Lipinski definition) is 5. The minimum absolute atomic E-state index is 0.0150. The van der Waals surface area contributed by atoms with Crippen LogP contribution in [0.2, 0.25) is 0 Å². The van der Waals surface area contributed by atoms with Gasteiger partial charge in [0.2, 0.25) is 0 Å². The van der Waals surface area contributed by atoms with Crippen molar-refractivity contribution in [3.63, 3.8) is 0 Å². The first-order chi connectivity index (χ1) is 9.10. The Kier molecular flexibility index (Phi) is 5.47. The summed E-state index contributed by atoms with van der Waals surface area (Å²) in [5, 5.41) is 0. The zero-order chi connectivity index (χ0) is 14.3. The van der Waals surface area contributed by atoms with Gasteiger partial charge in [-0.3, -0.25) is 4.79 Å². The first kappa shape index (κ1) is 14.6. The number of benzene rings is 1. The van der Waals surface area contributed by atoms with E-state index >= 15 is 0 Å². The fourth-order valence-electron chi connectivity index (χ4n) is 1.39. The molecule has 0 saturated carbocycles. The molecule has 5 nitrogen and oxygen atoms in total. The van der Waals surface area contributed by atoms with Crippen LogP contribution in [0.4, 0.5) is 0 Å². The maximum absolute atomic E-state index is 11.8. The zero-order valence-electron chi connectivity index (χ0n) is 10.5. The lowest BCUT2D eigenvalue weighted by Gasteiger charge is -2.06. The second-order valence-electron chi connectivity index (χ2n) is 3.63. The fourth-order valence-corrected chi connectivity index (χ4v) is 1.39. The molecule has 1 aromatic carbocycles. The summed E-state index contributed by atoms with van der Waals surface area (Å²) in [6.07, 6.45) is 1.68. The molecular weight excluding hydrogens is 248 g/mol. The topological polar surface area (TPSA) is 69.7 Å². The third-order valence-corrected chi connectivity index (χ3v) is 2.22. The van der Waals surface area contributed by atoms with Crippen molar-refractivity contribution in [1.29, 1.82) is 0 Å². The lowest BCUT2D eigenvalue weighted by molar-refractivity contribution is -0.138. The number of carbonyl (C=O) groups excluding carboxylic acids is 3. The van der Waals surface area contributed by atoms with Crippen LogP contribution < -0.4 is 0 Å². The smallest absolute Gasteiger partial charge is 0.346 e. The van der Waals surface area contributed by atoms with Crippen molar-refractivity contribution in [1.82, 2.24) is 0 Å². The average molecular weight is 262 g/mol. The van der Waals surface area contributed by atoms with Gasteiger partial charge < -0.3 is 9.47 Å². The Balaban J connectivity index is 2.93. The van der Waals surface area contributed by atoms with Gasteiger partial charge in [0.15, 0.2) is 0 Å². The summed E-state index contributed by atoms with van der Waals surface area (Å²) >= 11 is 0. The van der Waals surface area contributed by atoms with Gasteiger partial charge in [-0.05, 0) is 18.6 Å². The molecule has 0 aliphatic rings. The Morgan fingerprint density at radius 1 is 1.16 bits per heavy atom. The molecule has 1 aromatic rings. The van der Waals surface area contributed by atoms with Gasteiger partial charge in [-0.1, -0.05) is 25.6 Å². The molecule has 100 valence electrons. The number of hydrogen-bond donors (Lipinski definition) is 0. The molecule has 5 heteroatoms. The van der Waals surface area contributed by atoms with Crippen LogP contribution in [0, 0.1) is 0 Å². The van der Waals surface area contributed by atoms with Crippen LogP contribution in [0.25, 0.3) is 0 Å². The van der Waals surface area contributed by atoms with Crippen LogP contribution in [0.5, 0.6) is 0 Å². The Bertz CT molecular complexity index is 504. The van der Waals surface area contributed by atoms with Gasteiger partial charge in [0.05, 0.1) is 17.4 Å². The lowest BCUT2D eigenvalue weighted by atomic mass is 10.1. The molecule has 0 atom stereocenters. The van der Waals surface area contributed by atoms with E-state index in [2.05, 4.69) is 16.1 Å². The quantitative estimate of drug-likeness (QED) is 0.463. The van der Waals surface area contributed by atoms with Gasteiger partial charge in [0, 0.05) is 6.42 Å². The standard InChI is InChI=1S/C14H14O5/c1-3-7-12(15)19-14(17)11-9-6-5-8-10(11)13(16)18-4-2/h4-6,8-9H,2-3,7H2,1H3. The molecule has 0 spiro atoms. The van der Waals surface area contributed by atoms with Crippen LogP contribution >= 0.6 is 0 Å². The van der Waals surface area contributed by atoms with E-state index in [1.807, 2.05) is 0 Å². The van der Waals surface area contributed by atoms with Gasteiger partial charge >= 0.3 is 17.9 Å². The lowest BCUT2D eigenvalue weighted by Crippen LogP contribution is -2.16. The Morgan fingerprint density at radius 3 is 2.26 bits per heavy atom. The molecule has 1 rings (SSSR count). The van der Waals surface area contributed by atoms with Crippen LogP contribution in [0.15, 0.2) is 37.1 Å². The first-order valence-corrected chi connectivity index (χ1v) is 5.76. The van der Waals surface area contributed by atoms with E-state index < -0.39 is 17.9 Å². The summed E-state index contributed by atoms with van der Waals surface area (Å²) in [6.45, 7) is 5.05. The van der Waals surface area contributed by atoms with E-state index in [1.54, 1.807) is 19.1 Å². The molecule has 0 aliphatic heterocycles. The molecule has 0 aromatic heterocycles. The van der Waals surface area contributed by atoms with E-state index in [0.717, 1.165) is 6.26 Å². The highest BCUT2D eigenvalue weighted by Gasteiger charge is 2.20. The van der Waals surface area contributed by atoms with Crippen molar-refractivity contribution in [2.24, 2.45) is 0 Å². The van der Waals surface area contributed by atoms with Gasteiger partial charge in [0.25, 0.3) is 0 Å². The summed E-state index contributed by atoms with van der Waals surface area (Å²) in [6, 6.07) is 5.93. The highest BCUT2D eigenvalue weighted by Crippen LogP contribution is 2.12. The monoisotopic (exact) mass is 262 g/mol. The van der Waals surface area contributed by atoms with Gasteiger partial charge in [0.1, 0.15) is 0 Å². The van der Waals surface area contributed by atoms with Crippen LogP contribution in [-0.4, -0.2) is 17.9 Å². The van der Waals surface area contributed by atoms with Crippen molar-refractivity contribution >= 4 is 17.9 Å². The molecule has 0 bridgehead atoms. The van der Waals surface area contributed by atoms with Crippen molar-refractivity contribution in [3.8, 4) is 0 Å². The fraction of sp³-hybridized carbons (Fsp3) is 0.214. The molecule has 0 saturated heterocycles. The third kappa shape index (κ3) is 4.06. The van der Waals surface area contributed by atoms with Gasteiger partial charge in [-0.15, -0.1) is 0 Å². The van der Waals surface area contributed by atoms with Crippen molar-refractivity contribution < 1.29 is 23.9 Å². The third-order valence-electron chi connectivity index (χ3n) is 2.22. The minimum atomic E-state index is -0.866. The molecule has 0 amide bonds. The SMILES string of the molecule is C=COC(=O)c1ccccc1C(=O)OC(=O)CCC. The highest BCUT2D eigenvalue weighted by atomic mass is 16.6. The van der Waals surface area contributed by atoms with Crippen molar-refractivity contribution in [2.45, 2.75) is 19.8 Å². The number of esters is 3. The zero-order valence-corrected chi connectivity index (χ0v) is 10.5. The predicted octanol–water partition coefficient (Wildman–Crippen LogP) is 2.47. The molecule has 0 N–H and O–H groups in total. The summed E-state index contributed by atoms with van der Waals surface area (Å²) in [4.78, 5) is 34.6. The molecular formula is C14H14O5. The summed E-state index contributed by atoms with van der Waals surface area (Å²) in [5.41, 5.74) is 0.00972. The van der Waals surface area contributed by atoms with Crippen molar-refractivity contribution in [2.75, 3.05) is 0 Å². The summed E-state index contributed by atoms with van der Waals surface area (Å²) in [5.74, 6) is -2.22. The van der Waals surface area contributed by atoms with Gasteiger partial charge in [-0.25, -0.2) is 9.59 Å². The maximum Gasteiger partial charge on any atom is 0.346 e. The van der Waals surface area contributed by atoms with Crippen LogP contribution in [-0.2, 0) is 14.3 Å². The van der Waals surface area contributed by atoms with Crippen molar-refractivity contribution in [3.05, 3.63) is 48.2 Å². The average Bonchev–Trinajstić information content (AvgIpc) is 2.39. The van der Waals surface area contributed by atoms with E-state index in [-0.39, 0.29) is 17.5 Å². The molecule has 0 aliphatic carbocycles. The number of ether oxygens (including phenoxy) is 2. The van der Waals surface area contributed by atoms with E-state index in [0.29, 0.717) is 6.42 Å². The largest absolute Gasteiger partial charge is 0.432 e. The van der Waals surface area contributed by atoms with E-state index in [4.69, 9.17) is 0 Å². The number of rotatable bonds is 5. The van der Waals surface area contributed by atoms with Crippen LogP contribution in [0.3, 0.4) is 0 Å². The number of carbonyl (C=O) groups is 3. The first-order valence-electron chi connectivity index (χ1n) is 5.76. The molecule has 19 heavy (non-hydrogen) atoms. The summed E-state index contributed by atoms with van der Waals surface area (Å²) < 4.78 is 9.24. The molecule has 0 fully saturated rings. The second kappa shape index (κ2) is 7.10. The normalized spacial score (nSPS) is 9.53. The van der Waals surface area contributed by atoms with Crippen LogP contribution in [0.1, 0.15) is 40.5 Å². The molecule has 0 radical (unpaired) electrons. The highest BCUT2D eigenvalue weighted by molar-refractivity contribution is 6.05. The minimum Gasteiger partial charge on any atom is -0.432 e. The van der Waals surface area contributed by atoms with E-state index in [9.17, 15) is 14.4 Å². The van der Waals surface area contributed by atoms with E-state index in [1.165, 1.54) is 12.1 Å².